The van der Waals surface area contributed by atoms with E-state index in [1.807, 2.05) is 0 Å². The van der Waals surface area contributed by atoms with Crippen molar-refractivity contribution < 1.29 is 28.6 Å². The highest BCUT2D eigenvalue weighted by molar-refractivity contribution is 5.71. The molecule has 0 unspecified atom stereocenters. The van der Waals surface area contributed by atoms with E-state index in [1.54, 1.807) is 0 Å². The highest BCUT2D eigenvalue weighted by Gasteiger charge is 2.19. The summed E-state index contributed by atoms with van der Waals surface area (Å²) in [5, 5.41) is 0. The molecule has 0 rings (SSSR count). The Hall–Kier alpha value is -1.59. The van der Waals surface area contributed by atoms with Gasteiger partial charge in [0.15, 0.2) is 6.10 Å². The minimum absolute atomic E-state index is 0.0657. The standard InChI is InChI=1S/C51H98O6/c1-6-7-8-9-10-11-12-13-14-15-16-17-18-19-20-21-26-33-38-43-51(54)57-48(45-56-50(53)42-37-32-28-27-30-35-40-47(4)5)44-55-49(52)41-36-31-25-23-22-24-29-34-39-46(2)3/h46-48H,6-45H2,1-5H3/t48-/m1/s1. The normalized spacial score (nSPS) is 12.1. The summed E-state index contributed by atoms with van der Waals surface area (Å²) in [4.78, 5) is 37.8. The average molecular weight is 807 g/mol. The zero-order valence-corrected chi connectivity index (χ0v) is 39.0. The molecular formula is C51H98O6. The highest BCUT2D eigenvalue weighted by Crippen LogP contribution is 2.17. The van der Waals surface area contributed by atoms with E-state index in [0.717, 1.165) is 69.6 Å². The third-order valence-electron chi connectivity index (χ3n) is 11.5. The van der Waals surface area contributed by atoms with Gasteiger partial charge < -0.3 is 14.2 Å². The monoisotopic (exact) mass is 807 g/mol. The number of rotatable bonds is 45. The molecular weight excluding hydrogens is 709 g/mol. The molecule has 0 aromatic rings. The topological polar surface area (TPSA) is 78.9 Å². The first-order valence-corrected chi connectivity index (χ1v) is 25.2. The third kappa shape index (κ3) is 45.3. The number of hydrogen-bond donors (Lipinski definition) is 0. The van der Waals surface area contributed by atoms with Gasteiger partial charge in [0.1, 0.15) is 13.2 Å². The van der Waals surface area contributed by atoms with E-state index >= 15 is 0 Å². The van der Waals surface area contributed by atoms with Crippen LogP contribution in [0.25, 0.3) is 0 Å². The van der Waals surface area contributed by atoms with E-state index in [2.05, 4.69) is 34.6 Å². The van der Waals surface area contributed by atoms with Gasteiger partial charge in [0.25, 0.3) is 0 Å². The van der Waals surface area contributed by atoms with Crippen LogP contribution in [-0.2, 0) is 28.6 Å². The van der Waals surface area contributed by atoms with Crippen LogP contribution in [0.15, 0.2) is 0 Å². The molecule has 0 radical (unpaired) electrons. The van der Waals surface area contributed by atoms with Crippen LogP contribution in [0.2, 0.25) is 0 Å². The quantitative estimate of drug-likeness (QED) is 0.0346. The molecule has 0 spiro atoms. The Kier molecular flexibility index (Phi) is 42.7. The van der Waals surface area contributed by atoms with Crippen LogP contribution in [-0.4, -0.2) is 37.2 Å². The summed E-state index contributed by atoms with van der Waals surface area (Å²) >= 11 is 0. The molecule has 0 heterocycles. The van der Waals surface area contributed by atoms with Crippen molar-refractivity contribution in [2.75, 3.05) is 13.2 Å². The van der Waals surface area contributed by atoms with Crippen molar-refractivity contribution in [3.63, 3.8) is 0 Å². The Bertz CT molecular complexity index is 870. The molecule has 0 saturated heterocycles. The van der Waals surface area contributed by atoms with Crippen molar-refractivity contribution in [2.45, 2.75) is 285 Å². The van der Waals surface area contributed by atoms with Crippen LogP contribution in [0.5, 0.6) is 0 Å². The van der Waals surface area contributed by atoms with E-state index < -0.39 is 6.10 Å². The second kappa shape index (κ2) is 44.0. The number of hydrogen-bond acceptors (Lipinski definition) is 6. The fraction of sp³-hybridized carbons (Fsp3) is 0.941. The molecule has 1 atom stereocenters. The predicted octanol–water partition coefficient (Wildman–Crippen LogP) is 16.1. The van der Waals surface area contributed by atoms with E-state index in [1.165, 1.54) is 167 Å². The third-order valence-corrected chi connectivity index (χ3v) is 11.5. The average Bonchev–Trinajstić information content (AvgIpc) is 3.18. The molecule has 0 saturated carbocycles. The SMILES string of the molecule is CCCCCCCCCCCCCCCCCCCCCC(=O)O[C@H](COC(=O)CCCCCCCCCCC(C)C)COC(=O)CCCCCCCCC(C)C. The molecule has 6 heteroatoms. The van der Waals surface area contributed by atoms with Crippen molar-refractivity contribution in [3.8, 4) is 0 Å². The zero-order valence-electron chi connectivity index (χ0n) is 39.0. The van der Waals surface area contributed by atoms with Crippen molar-refractivity contribution in [3.05, 3.63) is 0 Å². The van der Waals surface area contributed by atoms with E-state index in [-0.39, 0.29) is 31.1 Å². The van der Waals surface area contributed by atoms with Gasteiger partial charge >= 0.3 is 17.9 Å². The summed E-state index contributed by atoms with van der Waals surface area (Å²) in [5.74, 6) is 0.702. The molecule has 0 bridgehead atoms. The maximum absolute atomic E-state index is 12.8. The molecule has 57 heavy (non-hydrogen) atoms. The van der Waals surface area contributed by atoms with Crippen molar-refractivity contribution in [2.24, 2.45) is 11.8 Å². The number of carbonyl (C=O) groups excluding carboxylic acids is 3. The lowest BCUT2D eigenvalue weighted by molar-refractivity contribution is -0.167. The smallest absolute Gasteiger partial charge is 0.306 e. The van der Waals surface area contributed by atoms with Gasteiger partial charge in [-0.15, -0.1) is 0 Å². The van der Waals surface area contributed by atoms with Crippen molar-refractivity contribution in [1.82, 2.24) is 0 Å². The van der Waals surface area contributed by atoms with E-state index in [0.29, 0.717) is 19.3 Å². The molecule has 0 aliphatic carbocycles. The van der Waals surface area contributed by atoms with Gasteiger partial charge in [-0.1, -0.05) is 240 Å². The van der Waals surface area contributed by atoms with E-state index in [4.69, 9.17) is 14.2 Å². The van der Waals surface area contributed by atoms with Gasteiger partial charge in [-0.25, -0.2) is 0 Å². The largest absolute Gasteiger partial charge is 0.462 e. The second-order valence-electron chi connectivity index (χ2n) is 18.4. The van der Waals surface area contributed by atoms with Crippen LogP contribution in [0.1, 0.15) is 279 Å². The van der Waals surface area contributed by atoms with Gasteiger partial charge in [-0.3, -0.25) is 14.4 Å². The Morgan fingerprint density at radius 1 is 0.333 bits per heavy atom. The molecule has 0 N–H and O–H groups in total. The molecule has 0 aliphatic rings. The summed E-state index contributed by atoms with van der Waals surface area (Å²) < 4.78 is 16.7. The maximum Gasteiger partial charge on any atom is 0.306 e. The lowest BCUT2D eigenvalue weighted by Gasteiger charge is -2.18. The van der Waals surface area contributed by atoms with Crippen LogP contribution < -0.4 is 0 Å². The summed E-state index contributed by atoms with van der Waals surface area (Å²) in [7, 11) is 0. The van der Waals surface area contributed by atoms with Gasteiger partial charge in [-0.05, 0) is 31.1 Å². The van der Waals surface area contributed by atoms with Crippen LogP contribution in [0.4, 0.5) is 0 Å². The number of ether oxygens (including phenoxy) is 3. The van der Waals surface area contributed by atoms with E-state index in [9.17, 15) is 14.4 Å². The van der Waals surface area contributed by atoms with Crippen molar-refractivity contribution >= 4 is 17.9 Å². The molecule has 6 nitrogen and oxygen atoms in total. The second-order valence-corrected chi connectivity index (χ2v) is 18.4. The number of carbonyl (C=O) groups is 3. The van der Waals surface area contributed by atoms with Gasteiger partial charge in [0, 0.05) is 19.3 Å². The molecule has 0 aromatic carbocycles. The minimum Gasteiger partial charge on any atom is -0.462 e. The predicted molar refractivity (Wildman–Crippen MR) is 243 cm³/mol. The number of esters is 3. The summed E-state index contributed by atoms with van der Waals surface area (Å²) in [6.45, 7) is 11.3. The first-order valence-electron chi connectivity index (χ1n) is 25.2. The first kappa shape index (κ1) is 55.4. The molecule has 338 valence electrons. The van der Waals surface area contributed by atoms with Gasteiger partial charge in [0.05, 0.1) is 0 Å². The number of unbranched alkanes of at least 4 members (excludes halogenated alkanes) is 30. The Morgan fingerprint density at radius 2 is 0.579 bits per heavy atom. The van der Waals surface area contributed by atoms with Gasteiger partial charge in [0.2, 0.25) is 0 Å². The Morgan fingerprint density at radius 3 is 0.860 bits per heavy atom. The van der Waals surface area contributed by atoms with Gasteiger partial charge in [-0.2, -0.15) is 0 Å². The van der Waals surface area contributed by atoms with Crippen molar-refractivity contribution in [1.29, 1.82) is 0 Å². The molecule has 0 amide bonds. The molecule has 0 aliphatic heterocycles. The lowest BCUT2D eigenvalue weighted by Crippen LogP contribution is -2.30. The van der Waals surface area contributed by atoms with Crippen LogP contribution in [0.3, 0.4) is 0 Å². The van der Waals surface area contributed by atoms with Crippen LogP contribution in [0, 0.1) is 11.8 Å². The maximum atomic E-state index is 12.8. The molecule has 0 aromatic heterocycles. The Labute approximate surface area is 355 Å². The Balaban J connectivity index is 4.23. The zero-order chi connectivity index (χ0) is 41.9. The highest BCUT2D eigenvalue weighted by atomic mass is 16.6. The lowest BCUT2D eigenvalue weighted by atomic mass is 10.0. The first-order chi connectivity index (χ1) is 27.7. The summed E-state index contributed by atoms with van der Waals surface area (Å²) in [6.07, 6.45) is 44.0. The summed E-state index contributed by atoms with van der Waals surface area (Å²) in [6, 6.07) is 0. The minimum atomic E-state index is -0.762. The fourth-order valence-electron chi connectivity index (χ4n) is 7.64. The molecule has 0 fully saturated rings. The fourth-order valence-corrected chi connectivity index (χ4v) is 7.64. The summed E-state index contributed by atoms with van der Waals surface area (Å²) in [5.41, 5.74) is 0. The van der Waals surface area contributed by atoms with Crippen LogP contribution >= 0.6 is 0 Å².